The maximum Gasteiger partial charge on any atom is 0.285 e. The normalized spacial score (nSPS) is 11.4. The molecule has 0 atom stereocenters. The smallest absolute Gasteiger partial charge is 0.285 e. The van der Waals surface area contributed by atoms with Crippen molar-refractivity contribution in [2.75, 3.05) is 7.11 Å². The van der Waals surface area contributed by atoms with Gasteiger partial charge in [-0.2, -0.15) is 5.10 Å². The summed E-state index contributed by atoms with van der Waals surface area (Å²) in [6, 6.07) is 12.4. The summed E-state index contributed by atoms with van der Waals surface area (Å²) in [5, 5.41) is 12.9. The van der Waals surface area contributed by atoms with Crippen LogP contribution in [-0.2, 0) is 0 Å². The Balaban J connectivity index is 1.71. The third-order valence-corrected chi connectivity index (χ3v) is 5.11. The van der Waals surface area contributed by atoms with Crippen LogP contribution in [0.3, 0.4) is 0 Å². The Bertz CT molecular complexity index is 1520. The van der Waals surface area contributed by atoms with Gasteiger partial charge < -0.3 is 4.74 Å². The summed E-state index contributed by atoms with van der Waals surface area (Å²) >= 11 is 0. The van der Waals surface area contributed by atoms with E-state index in [4.69, 9.17) is 4.74 Å². The molecule has 0 saturated heterocycles. The predicted octanol–water partition coefficient (Wildman–Crippen LogP) is 3.69. The number of hydrogen-bond acceptors (Lipinski definition) is 5. The van der Waals surface area contributed by atoms with Gasteiger partial charge in [0.25, 0.3) is 5.56 Å². The van der Waals surface area contributed by atoms with E-state index in [0.29, 0.717) is 11.2 Å². The lowest BCUT2D eigenvalue weighted by Gasteiger charge is -2.08. The van der Waals surface area contributed by atoms with Crippen LogP contribution in [0.4, 0.5) is 8.78 Å². The predicted molar refractivity (Wildman–Crippen MR) is 111 cm³/mol. The quantitative estimate of drug-likeness (QED) is 0.446. The minimum absolute atomic E-state index is 0.0588. The molecule has 3 aromatic heterocycles. The van der Waals surface area contributed by atoms with Crippen LogP contribution < -0.4 is 10.3 Å². The first kappa shape index (κ1) is 18.9. The van der Waals surface area contributed by atoms with Crippen LogP contribution in [-0.4, -0.2) is 31.5 Å². The minimum Gasteiger partial charge on any atom is -0.497 e. The van der Waals surface area contributed by atoms with E-state index in [1.165, 1.54) is 16.8 Å². The standard InChI is InChI=1S/C22H15F2N5O2/c1-12-19(13-3-6-15(31-2)7-4-13)21-26-25-20-18(29(21)27-12)9-10-28(22(20)30)14-5-8-16(23)17(24)11-14/h3-11H,1-2H3. The zero-order valence-electron chi connectivity index (χ0n) is 16.5. The summed E-state index contributed by atoms with van der Waals surface area (Å²) in [4.78, 5) is 13.0. The van der Waals surface area contributed by atoms with E-state index in [1.807, 2.05) is 31.2 Å². The third kappa shape index (κ3) is 2.93. The maximum absolute atomic E-state index is 13.6. The average molecular weight is 419 g/mol. The first-order chi connectivity index (χ1) is 15.0. The van der Waals surface area contributed by atoms with Gasteiger partial charge in [-0.3, -0.25) is 9.36 Å². The monoisotopic (exact) mass is 419 g/mol. The van der Waals surface area contributed by atoms with Gasteiger partial charge in [0.1, 0.15) is 11.3 Å². The van der Waals surface area contributed by atoms with Gasteiger partial charge in [-0.1, -0.05) is 12.1 Å². The lowest BCUT2D eigenvalue weighted by atomic mass is 10.1. The van der Waals surface area contributed by atoms with Crippen LogP contribution in [0.25, 0.3) is 33.5 Å². The summed E-state index contributed by atoms with van der Waals surface area (Å²) < 4.78 is 34.9. The van der Waals surface area contributed by atoms with Crippen molar-refractivity contribution in [3.63, 3.8) is 0 Å². The molecular weight excluding hydrogens is 404 g/mol. The van der Waals surface area contributed by atoms with Gasteiger partial charge in [-0.05, 0) is 42.8 Å². The number of fused-ring (bicyclic) bond motifs is 3. The zero-order chi connectivity index (χ0) is 21.7. The van der Waals surface area contributed by atoms with Crippen molar-refractivity contribution in [3.8, 4) is 22.6 Å². The Labute approximate surface area is 174 Å². The van der Waals surface area contributed by atoms with Gasteiger partial charge >= 0.3 is 0 Å². The first-order valence-electron chi connectivity index (χ1n) is 9.35. The van der Waals surface area contributed by atoms with Gasteiger partial charge in [0.2, 0.25) is 0 Å². The number of halogens is 2. The molecule has 2 aromatic carbocycles. The molecule has 0 spiro atoms. The fraction of sp³-hybridized carbons (Fsp3) is 0.0909. The molecule has 0 aliphatic rings. The molecule has 0 bridgehead atoms. The summed E-state index contributed by atoms with van der Waals surface area (Å²) in [7, 11) is 1.60. The summed E-state index contributed by atoms with van der Waals surface area (Å²) in [6.07, 6.45) is 1.47. The maximum atomic E-state index is 13.6. The second-order valence-electron chi connectivity index (χ2n) is 6.95. The number of methoxy groups -OCH3 is 1. The Morgan fingerprint density at radius 2 is 1.74 bits per heavy atom. The number of pyridine rings is 1. The highest BCUT2D eigenvalue weighted by atomic mass is 19.2. The molecule has 0 radical (unpaired) electrons. The summed E-state index contributed by atoms with van der Waals surface area (Å²) in [5.41, 5.74) is 3.08. The molecule has 0 unspecified atom stereocenters. The van der Waals surface area contributed by atoms with E-state index in [9.17, 15) is 13.6 Å². The number of nitrogens with zero attached hydrogens (tertiary/aromatic N) is 5. The number of aromatic nitrogens is 5. The van der Waals surface area contributed by atoms with Crippen molar-refractivity contribution >= 4 is 16.7 Å². The van der Waals surface area contributed by atoms with Gasteiger partial charge in [-0.25, -0.2) is 13.3 Å². The van der Waals surface area contributed by atoms with E-state index >= 15 is 0 Å². The molecule has 0 fully saturated rings. The van der Waals surface area contributed by atoms with E-state index in [1.54, 1.807) is 17.7 Å². The fourth-order valence-corrected chi connectivity index (χ4v) is 3.59. The second-order valence-corrected chi connectivity index (χ2v) is 6.95. The van der Waals surface area contributed by atoms with Gasteiger partial charge in [0.15, 0.2) is 22.8 Å². The number of rotatable bonds is 3. The molecule has 31 heavy (non-hydrogen) atoms. The van der Waals surface area contributed by atoms with E-state index in [0.717, 1.165) is 34.7 Å². The van der Waals surface area contributed by atoms with E-state index < -0.39 is 17.2 Å². The molecule has 7 nitrogen and oxygen atoms in total. The van der Waals surface area contributed by atoms with Crippen LogP contribution in [0, 0.1) is 18.6 Å². The summed E-state index contributed by atoms with van der Waals surface area (Å²) in [6.45, 7) is 1.85. The molecule has 9 heteroatoms. The molecular formula is C22H15F2N5O2. The van der Waals surface area contributed by atoms with Crippen molar-refractivity contribution < 1.29 is 13.5 Å². The highest BCUT2D eigenvalue weighted by Crippen LogP contribution is 2.29. The molecule has 0 amide bonds. The highest BCUT2D eigenvalue weighted by Gasteiger charge is 2.18. The average Bonchev–Trinajstić information content (AvgIpc) is 3.12. The van der Waals surface area contributed by atoms with Crippen LogP contribution in [0.15, 0.2) is 59.5 Å². The number of benzene rings is 2. The van der Waals surface area contributed by atoms with Crippen LogP contribution in [0.5, 0.6) is 5.75 Å². The molecule has 0 aliphatic heterocycles. The van der Waals surface area contributed by atoms with E-state index in [2.05, 4.69) is 15.3 Å². The van der Waals surface area contributed by atoms with Crippen LogP contribution in [0.1, 0.15) is 5.69 Å². The van der Waals surface area contributed by atoms with Gasteiger partial charge in [0, 0.05) is 12.3 Å². The fourth-order valence-electron chi connectivity index (χ4n) is 3.59. The number of ether oxygens (including phenoxy) is 1. The lowest BCUT2D eigenvalue weighted by molar-refractivity contribution is 0.415. The molecule has 5 rings (SSSR count). The molecule has 3 heterocycles. The van der Waals surface area contributed by atoms with Crippen molar-refractivity contribution in [1.29, 1.82) is 0 Å². The zero-order valence-corrected chi connectivity index (χ0v) is 16.5. The first-order valence-corrected chi connectivity index (χ1v) is 9.35. The lowest BCUT2D eigenvalue weighted by Crippen LogP contribution is -2.20. The highest BCUT2D eigenvalue weighted by molar-refractivity contribution is 5.84. The van der Waals surface area contributed by atoms with Crippen LogP contribution >= 0.6 is 0 Å². The van der Waals surface area contributed by atoms with Gasteiger partial charge in [0.05, 0.1) is 24.1 Å². The van der Waals surface area contributed by atoms with Crippen molar-refractivity contribution in [3.05, 3.63) is 82.4 Å². The Hall–Kier alpha value is -4.14. The van der Waals surface area contributed by atoms with Crippen LogP contribution in [0.2, 0.25) is 0 Å². The third-order valence-electron chi connectivity index (χ3n) is 5.11. The van der Waals surface area contributed by atoms with E-state index in [-0.39, 0.29) is 11.2 Å². The van der Waals surface area contributed by atoms with Crippen molar-refractivity contribution in [2.24, 2.45) is 0 Å². The molecule has 0 aliphatic carbocycles. The molecule has 5 aromatic rings. The second kappa shape index (κ2) is 6.98. The molecule has 154 valence electrons. The summed E-state index contributed by atoms with van der Waals surface area (Å²) in [5.74, 6) is -1.30. The van der Waals surface area contributed by atoms with Crippen molar-refractivity contribution in [2.45, 2.75) is 6.92 Å². The Morgan fingerprint density at radius 1 is 0.968 bits per heavy atom. The minimum atomic E-state index is -1.04. The number of hydrogen-bond donors (Lipinski definition) is 0. The van der Waals surface area contributed by atoms with Gasteiger partial charge in [-0.15, -0.1) is 10.2 Å². The Morgan fingerprint density at radius 3 is 2.45 bits per heavy atom. The molecule has 0 N–H and O–H groups in total. The SMILES string of the molecule is COc1ccc(-c2c(C)nn3c2nnc2c(=O)n(-c4ccc(F)c(F)c4)ccc23)cc1. The largest absolute Gasteiger partial charge is 0.497 e. The van der Waals surface area contributed by atoms with Crippen molar-refractivity contribution in [1.82, 2.24) is 24.4 Å². The number of aryl methyl sites for hydroxylation is 1. The topological polar surface area (TPSA) is 74.3 Å². The Kier molecular flexibility index (Phi) is 4.25. The molecule has 0 saturated carbocycles.